The van der Waals surface area contributed by atoms with E-state index in [4.69, 9.17) is 5.73 Å². The van der Waals surface area contributed by atoms with E-state index < -0.39 is 5.91 Å². The molecule has 0 aliphatic rings. The average Bonchev–Trinajstić information content (AvgIpc) is 2.70. The van der Waals surface area contributed by atoms with E-state index in [0.717, 1.165) is 12.0 Å². The summed E-state index contributed by atoms with van der Waals surface area (Å²) < 4.78 is 0. The fourth-order valence-electron chi connectivity index (χ4n) is 3.05. The Kier molecular flexibility index (Phi) is 6.58. The minimum Gasteiger partial charge on any atom is -0.382 e. The van der Waals surface area contributed by atoms with Crippen LogP contribution in [0.4, 0.5) is 17.3 Å². The first-order chi connectivity index (χ1) is 14.0. The molecule has 29 heavy (non-hydrogen) atoms. The Labute approximate surface area is 170 Å². The van der Waals surface area contributed by atoms with E-state index in [1.807, 2.05) is 36.4 Å². The molecule has 0 bridgehead atoms. The van der Waals surface area contributed by atoms with Gasteiger partial charge in [0.25, 0.3) is 0 Å². The molecule has 0 radical (unpaired) electrons. The zero-order chi connectivity index (χ0) is 20.6. The van der Waals surface area contributed by atoms with E-state index in [-0.39, 0.29) is 24.1 Å². The maximum atomic E-state index is 11.8. The van der Waals surface area contributed by atoms with Crippen LogP contribution in [0.2, 0.25) is 0 Å². The summed E-state index contributed by atoms with van der Waals surface area (Å²) in [6, 6.07) is 23.8. The van der Waals surface area contributed by atoms with Gasteiger partial charge in [-0.15, -0.1) is 0 Å². The number of benzene rings is 2. The summed E-state index contributed by atoms with van der Waals surface area (Å²) in [7, 11) is 0. The smallest absolute Gasteiger partial charge is 0.231 e. The summed E-state index contributed by atoms with van der Waals surface area (Å²) in [5.41, 5.74) is 8.75. The molecule has 1 amide bonds. The van der Waals surface area contributed by atoms with Gasteiger partial charge in [0.2, 0.25) is 5.91 Å². The number of anilines is 3. The molecular weight excluding hydrogens is 364 g/mol. The number of ketones is 1. The highest BCUT2D eigenvalue weighted by molar-refractivity contribution is 6.04. The number of amides is 1. The minimum atomic E-state index is -0.405. The van der Waals surface area contributed by atoms with Crippen LogP contribution < -0.4 is 16.4 Å². The third kappa shape index (κ3) is 5.90. The molecule has 148 valence electrons. The number of nitrogens with two attached hydrogens (primary N) is 1. The molecule has 0 fully saturated rings. The summed E-state index contributed by atoms with van der Waals surface area (Å²) in [4.78, 5) is 27.2. The molecule has 1 aromatic heterocycles. The molecule has 1 unspecified atom stereocenters. The van der Waals surface area contributed by atoms with Crippen molar-refractivity contribution in [3.05, 3.63) is 83.9 Å². The molecule has 0 aliphatic heterocycles. The van der Waals surface area contributed by atoms with Gasteiger partial charge >= 0.3 is 0 Å². The van der Waals surface area contributed by atoms with Gasteiger partial charge in [0.15, 0.2) is 0 Å². The van der Waals surface area contributed by atoms with Crippen LogP contribution in [0.5, 0.6) is 0 Å². The number of pyridine rings is 1. The minimum absolute atomic E-state index is 0.00338. The molecule has 0 aliphatic carbocycles. The molecule has 3 rings (SSSR count). The lowest BCUT2D eigenvalue weighted by Crippen LogP contribution is -2.17. The Morgan fingerprint density at radius 3 is 2.24 bits per heavy atom. The zero-order valence-electron chi connectivity index (χ0n) is 16.3. The highest BCUT2D eigenvalue weighted by Gasteiger charge is 2.14. The average molecular weight is 388 g/mol. The number of rotatable bonds is 8. The van der Waals surface area contributed by atoms with Gasteiger partial charge in [0.1, 0.15) is 17.4 Å². The number of Topliss-reactive ketones (excluding diaryl/α,β-unsaturated/α-hetero) is 1. The summed E-state index contributed by atoms with van der Waals surface area (Å²) in [6.07, 6.45) is 0.593. The second-order valence-corrected chi connectivity index (χ2v) is 6.85. The van der Waals surface area contributed by atoms with E-state index in [1.54, 1.807) is 12.1 Å². The highest BCUT2D eigenvalue weighted by Crippen LogP contribution is 2.25. The van der Waals surface area contributed by atoms with E-state index in [1.165, 1.54) is 12.5 Å². The monoisotopic (exact) mass is 388 g/mol. The fourth-order valence-corrected chi connectivity index (χ4v) is 3.05. The van der Waals surface area contributed by atoms with Crippen LogP contribution in [0.25, 0.3) is 0 Å². The molecule has 4 N–H and O–H groups in total. The predicted octanol–water partition coefficient (Wildman–Crippen LogP) is 3.98. The zero-order valence-corrected chi connectivity index (χ0v) is 16.3. The molecule has 2 aromatic carbocycles. The Bertz CT molecular complexity index is 975. The first-order valence-corrected chi connectivity index (χ1v) is 9.42. The van der Waals surface area contributed by atoms with E-state index in [2.05, 4.69) is 39.9 Å². The summed E-state index contributed by atoms with van der Waals surface area (Å²) in [6.45, 7) is 1.37. The second kappa shape index (κ2) is 9.50. The molecule has 0 saturated carbocycles. The normalized spacial score (nSPS) is 11.5. The predicted molar refractivity (Wildman–Crippen MR) is 116 cm³/mol. The highest BCUT2D eigenvalue weighted by atomic mass is 16.2. The summed E-state index contributed by atoms with van der Waals surface area (Å²) >= 11 is 0. The van der Waals surface area contributed by atoms with Crippen molar-refractivity contribution in [3.8, 4) is 0 Å². The lowest BCUT2D eigenvalue weighted by Gasteiger charge is -2.21. The standard InChI is InChI=1S/C23H24N4O2/c1-16(28)14-22(29)26-19-12-13-21(27-23(19)24)25-20(18-10-6-3-7-11-18)15-17-8-4-2-5-9-17/h2-13,20H,14-15H2,1H3,(H,26,29)(H3,24,25,27). The van der Waals surface area contributed by atoms with Gasteiger partial charge in [-0.2, -0.15) is 0 Å². The van der Waals surface area contributed by atoms with Gasteiger partial charge in [-0.05, 0) is 36.6 Å². The number of hydrogen-bond acceptors (Lipinski definition) is 5. The molecular formula is C23H24N4O2. The topological polar surface area (TPSA) is 97.1 Å². The first-order valence-electron chi connectivity index (χ1n) is 9.42. The molecule has 0 saturated heterocycles. The van der Waals surface area contributed by atoms with Crippen molar-refractivity contribution >= 4 is 29.0 Å². The molecule has 0 spiro atoms. The largest absolute Gasteiger partial charge is 0.382 e. The van der Waals surface area contributed by atoms with Gasteiger partial charge < -0.3 is 16.4 Å². The maximum Gasteiger partial charge on any atom is 0.231 e. The van der Waals surface area contributed by atoms with Crippen LogP contribution in [0.3, 0.4) is 0 Å². The second-order valence-electron chi connectivity index (χ2n) is 6.85. The van der Waals surface area contributed by atoms with Crippen molar-refractivity contribution in [2.45, 2.75) is 25.8 Å². The van der Waals surface area contributed by atoms with Crippen molar-refractivity contribution in [3.63, 3.8) is 0 Å². The van der Waals surface area contributed by atoms with Crippen molar-refractivity contribution in [2.75, 3.05) is 16.4 Å². The molecule has 6 nitrogen and oxygen atoms in total. The lowest BCUT2D eigenvalue weighted by atomic mass is 9.99. The number of hydrogen-bond donors (Lipinski definition) is 3. The van der Waals surface area contributed by atoms with E-state index >= 15 is 0 Å². The summed E-state index contributed by atoms with van der Waals surface area (Å²) in [5.74, 6) is 0.187. The number of carbonyl (C=O) groups is 2. The number of nitrogen functional groups attached to an aromatic ring is 1. The number of nitrogens with zero attached hydrogens (tertiary/aromatic N) is 1. The SMILES string of the molecule is CC(=O)CC(=O)Nc1ccc(NC(Cc2ccccc2)c2ccccc2)nc1N. The van der Waals surface area contributed by atoms with Gasteiger partial charge in [-0.3, -0.25) is 9.59 Å². The Balaban J connectivity index is 1.77. The van der Waals surface area contributed by atoms with Crippen molar-refractivity contribution < 1.29 is 9.59 Å². The van der Waals surface area contributed by atoms with Crippen molar-refractivity contribution in [1.82, 2.24) is 4.98 Å². The van der Waals surface area contributed by atoms with Gasteiger partial charge in [0.05, 0.1) is 18.2 Å². The Hall–Kier alpha value is -3.67. The van der Waals surface area contributed by atoms with Crippen LogP contribution in [-0.4, -0.2) is 16.7 Å². The quantitative estimate of drug-likeness (QED) is 0.507. The molecule has 3 aromatic rings. The number of carbonyl (C=O) groups excluding carboxylic acids is 2. The molecule has 1 heterocycles. The maximum absolute atomic E-state index is 11.8. The number of aromatic nitrogens is 1. The molecule has 6 heteroatoms. The Morgan fingerprint density at radius 1 is 0.966 bits per heavy atom. The van der Waals surface area contributed by atoms with Crippen molar-refractivity contribution in [1.29, 1.82) is 0 Å². The summed E-state index contributed by atoms with van der Waals surface area (Å²) in [5, 5.41) is 6.06. The van der Waals surface area contributed by atoms with E-state index in [0.29, 0.717) is 11.5 Å². The van der Waals surface area contributed by atoms with Crippen LogP contribution in [-0.2, 0) is 16.0 Å². The first kappa shape index (κ1) is 20.1. The third-order valence-electron chi connectivity index (χ3n) is 4.42. The van der Waals surface area contributed by atoms with Gasteiger partial charge in [-0.25, -0.2) is 4.98 Å². The van der Waals surface area contributed by atoms with Gasteiger partial charge in [-0.1, -0.05) is 60.7 Å². The van der Waals surface area contributed by atoms with Crippen molar-refractivity contribution in [2.24, 2.45) is 0 Å². The van der Waals surface area contributed by atoms with Crippen LogP contribution in [0, 0.1) is 0 Å². The fraction of sp³-hybridized carbons (Fsp3) is 0.174. The third-order valence-corrected chi connectivity index (χ3v) is 4.42. The molecule has 1 atom stereocenters. The van der Waals surface area contributed by atoms with Crippen LogP contribution in [0.15, 0.2) is 72.8 Å². The lowest BCUT2D eigenvalue weighted by molar-refractivity contribution is -0.124. The van der Waals surface area contributed by atoms with E-state index in [9.17, 15) is 9.59 Å². The Morgan fingerprint density at radius 2 is 1.62 bits per heavy atom. The van der Waals surface area contributed by atoms with Crippen LogP contribution >= 0.6 is 0 Å². The van der Waals surface area contributed by atoms with Crippen LogP contribution in [0.1, 0.15) is 30.5 Å². The number of nitrogens with one attached hydrogen (secondary N) is 2. The van der Waals surface area contributed by atoms with Gasteiger partial charge in [0, 0.05) is 0 Å².